The Hall–Kier alpha value is -0.380. The second kappa shape index (κ2) is 6.38. The van der Waals surface area contributed by atoms with Crippen LogP contribution in [-0.2, 0) is 23.1 Å². The highest BCUT2D eigenvalue weighted by Crippen LogP contribution is 2.60. The third-order valence-electron chi connectivity index (χ3n) is 3.88. The molecule has 0 aromatic carbocycles. The second-order valence-corrected chi connectivity index (χ2v) is 7.25. The van der Waals surface area contributed by atoms with E-state index in [4.69, 9.17) is 13.8 Å². The van der Waals surface area contributed by atoms with E-state index in [1.54, 1.807) is 13.8 Å². The molecule has 0 unspecified atom stereocenters. The summed E-state index contributed by atoms with van der Waals surface area (Å²) in [5.74, 6) is -0.416. The first-order valence-electron chi connectivity index (χ1n) is 7.21. The Bertz CT molecular complexity index is 360. The third-order valence-corrected chi connectivity index (χ3v) is 6.39. The van der Waals surface area contributed by atoms with Gasteiger partial charge in [0.1, 0.15) is 6.10 Å². The van der Waals surface area contributed by atoms with Crippen LogP contribution in [0.5, 0.6) is 0 Å². The maximum Gasteiger partial charge on any atom is 0.345 e. The molecule has 1 saturated heterocycles. The smallest absolute Gasteiger partial charge is 0.345 e. The van der Waals surface area contributed by atoms with Gasteiger partial charge in [0, 0.05) is 5.92 Å². The van der Waals surface area contributed by atoms with E-state index in [1.165, 1.54) is 0 Å². The van der Waals surface area contributed by atoms with Crippen molar-refractivity contribution in [3.8, 4) is 0 Å². The van der Waals surface area contributed by atoms with Crippen molar-refractivity contribution in [1.82, 2.24) is 0 Å². The number of fused-ring (bicyclic) bond motifs is 1. The predicted octanol–water partition coefficient (Wildman–Crippen LogP) is 3.13. The fraction of sp³-hybridized carbons (Fsp3) is 0.923. The molecule has 0 amide bonds. The van der Waals surface area contributed by atoms with E-state index in [9.17, 15) is 9.36 Å². The van der Waals surface area contributed by atoms with Crippen LogP contribution in [0.15, 0.2) is 0 Å². The monoisotopic (exact) mass is 290 g/mol. The molecule has 1 heterocycles. The molecule has 0 bridgehead atoms. The zero-order chi connectivity index (χ0) is 13.9. The molecule has 0 aromatic rings. The van der Waals surface area contributed by atoms with Gasteiger partial charge in [0.15, 0.2) is 5.66 Å². The molecular weight excluding hydrogens is 267 g/mol. The van der Waals surface area contributed by atoms with Crippen molar-refractivity contribution < 1.29 is 23.1 Å². The highest BCUT2D eigenvalue weighted by Gasteiger charge is 2.55. The van der Waals surface area contributed by atoms with Gasteiger partial charge in [-0.3, -0.25) is 9.36 Å². The first-order chi connectivity index (χ1) is 9.12. The van der Waals surface area contributed by atoms with Crippen molar-refractivity contribution in [2.75, 3.05) is 13.2 Å². The zero-order valence-electron chi connectivity index (χ0n) is 11.7. The number of esters is 1. The Morgan fingerprint density at radius 1 is 1.16 bits per heavy atom. The van der Waals surface area contributed by atoms with Gasteiger partial charge in [-0.05, 0) is 33.1 Å². The summed E-state index contributed by atoms with van der Waals surface area (Å²) in [5, 5.41) is 0. The number of carbonyl (C=O) groups is 1. The van der Waals surface area contributed by atoms with Crippen LogP contribution < -0.4 is 0 Å². The first-order valence-corrected chi connectivity index (χ1v) is 8.83. The topological polar surface area (TPSA) is 61.8 Å². The quantitative estimate of drug-likeness (QED) is 0.575. The van der Waals surface area contributed by atoms with E-state index in [1.807, 2.05) is 0 Å². The highest BCUT2D eigenvalue weighted by atomic mass is 31.2. The van der Waals surface area contributed by atoms with E-state index in [-0.39, 0.29) is 25.2 Å². The van der Waals surface area contributed by atoms with Gasteiger partial charge in [0.25, 0.3) is 0 Å². The van der Waals surface area contributed by atoms with E-state index < -0.39 is 19.2 Å². The van der Waals surface area contributed by atoms with Crippen molar-refractivity contribution in [3.05, 3.63) is 0 Å². The standard InChI is InChI=1S/C13H23O5P/c1-3-16-19(15,17-4-2)12-10-8-6-5-7-9-11(10)18-13(12)14/h10-12H,3-9H2,1-2H3/t10-,11-,12+/m1/s1. The third kappa shape index (κ3) is 3.04. The van der Waals surface area contributed by atoms with Gasteiger partial charge in [-0.25, -0.2) is 0 Å². The second-order valence-electron chi connectivity index (χ2n) is 5.10. The van der Waals surface area contributed by atoms with Crippen molar-refractivity contribution in [3.63, 3.8) is 0 Å². The molecular formula is C13H23O5P. The molecule has 0 spiro atoms. The van der Waals surface area contributed by atoms with Crippen molar-refractivity contribution in [1.29, 1.82) is 0 Å². The van der Waals surface area contributed by atoms with Gasteiger partial charge in [-0.2, -0.15) is 0 Å². The van der Waals surface area contributed by atoms with Crippen LogP contribution >= 0.6 is 7.60 Å². The Balaban J connectivity index is 2.24. The van der Waals surface area contributed by atoms with Gasteiger partial charge in [0.05, 0.1) is 13.2 Å². The number of rotatable bonds is 5. The van der Waals surface area contributed by atoms with Gasteiger partial charge in [0.2, 0.25) is 0 Å². The van der Waals surface area contributed by atoms with Crippen LogP contribution in [0.25, 0.3) is 0 Å². The molecule has 1 saturated carbocycles. The predicted molar refractivity (Wildman–Crippen MR) is 71.1 cm³/mol. The van der Waals surface area contributed by atoms with E-state index in [0.717, 1.165) is 32.1 Å². The molecule has 19 heavy (non-hydrogen) atoms. The molecule has 1 aliphatic heterocycles. The minimum absolute atomic E-state index is 0.0149. The lowest BCUT2D eigenvalue weighted by Gasteiger charge is -2.25. The Labute approximate surface area is 114 Å². The lowest BCUT2D eigenvalue weighted by molar-refractivity contribution is -0.141. The van der Waals surface area contributed by atoms with Crippen LogP contribution in [0.4, 0.5) is 0 Å². The SMILES string of the molecule is CCOP(=O)(OCC)[C@@H]1C(=O)O[C@@H]2CCCCC[C@@H]12. The molecule has 2 fully saturated rings. The summed E-state index contributed by atoms with van der Waals surface area (Å²) in [4.78, 5) is 12.1. The summed E-state index contributed by atoms with van der Waals surface area (Å²) >= 11 is 0. The number of hydrogen-bond donors (Lipinski definition) is 0. The molecule has 2 rings (SSSR count). The van der Waals surface area contributed by atoms with Crippen molar-refractivity contribution in [2.45, 2.75) is 57.7 Å². The first kappa shape index (κ1) is 15.0. The fourth-order valence-corrected chi connectivity index (χ4v) is 5.37. The summed E-state index contributed by atoms with van der Waals surface area (Å²) in [5.41, 5.74) is -0.726. The van der Waals surface area contributed by atoms with Gasteiger partial charge < -0.3 is 13.8 Å². The van der Waals surface area contributed by atoms with Crippen LogP contribution in [0.1, 0.15) is 46.0 Å². The van der Waals surface area contributed by atoms with Crippen LogP contribution in [0.2, 0.25) is 0 Å². The summed E-state index contributed by atoms with van der Waals surface area (Å²) in [6, 6.07) is 0. The maximum absolute atomic E-state index is 12.8. The fourth-order valence-electron chi connectivity index (χ4n) is 3.12. The Morgan fingerprint density at radius 2 is 1.79 bits per heavy atom. The summed E-state index contributed by atoms with van der Waals surface area (Å²) in [6.45, 7) is 4.07. The molecule has 110 valence electrons. The summed E-state index contributed by atoms with van der Waals surface area (Å²) < 4.78 is 29.0. The van der Waals surface area contributed by atoms with Crippen molar-refractivity contribution >= 4 is 13.6 Å². The molecule has 6 heteroatoms. The Morgan fingerprint density at radius 3 is 2.42 bits per heavy atom. The molecule has 0 radical (unpaired) electrons. The summed E-state index contributed by atoms with van der Waals surface area (Å²) in [6.07, 6.45) is 4.89. The van der Waals surface area contributed by atoms with Crippen LogP contribution in [0, 0.1) is 5.92 Å². The highest BCUT2D eigenvalue weighted by molar-refractivity contribution is 7.55. The zero-order valence-corrected chi connectivity index (χ0v) is 12.6. The maximum atomic E-state index is 12.8. The summed E-state index contributed by atoms with van der Waals surface area (Å²) in [7, 11) is -3.41. The van der Waals surface area contributed by atoms with Crippen LogP contribution in [-0.4, -0.2) is 30.9 Å². The molecule has 0 N–H and O–H groups in total. The largest absolute Gasteiger partial charge is 0.461 e. The molecule has 5 nitrogen and oxygen atoms in total. The molecule has 2 aliphatic rings. The van der Waals surface area contributed by atoms with Crippen LogP contribution in [0.3, 0.4) is 0 Å². The minimum atomic E-state index is -3.41. The molecule has 0 aromatic heterocycles. The average Bonchev–Trinajstić information content (AvgIpc) is 2.53. The van der Waals surface area contributed by atoms with Gasteiger partial charge >= 0.3 is 13.6 Å². The number of ether oxygens (including phenoxy) is 1. The Kier molecular flexibility index (Phi) is 5.04. The van der Waals surface area contributed by atoms with E-state index >= 15 is 0 Å². The number of hydrogen-bond acceptors (Lipinski definition) is 5. The van der Waals surface area contributed by atoms with Gasteiger partial charge in [-0.15, -0.1) is 0 Å². The normalized spacial score (nSPS) is 31.7. The van der Waals surface area contributed by atoms with Crippen molar-refractivity contribution in [2.24, 2.45) is 5.92 Å². The van der Waals surface area contributed by atoms with E-state index in [2.05, 4.69) is 0 Å². The molecule has 1 aliphatic carbocycles. The minimum Gasteiger partial charge on any atom is -0.461 e. The lowest BCUT2D eigenvalue weighted by atomic mass is 9.96. The van der Waals surface area contributed by atoms with E-state index in [0.29, 0.717) is 0 Å². The molecule has 3 atom stereocenters. The van der Waals surface area contributed by atoms with Gasteiger partial charge in [-0.1, -0.05) is 12.8 Å². The average molecular weight is 290 g/mol. The number of carbonyl (C=O) groups excluding carboxylic acids is 1. The lowest BCUT2D eigenvalue weighted by Crippen LogP contribution is -2.27.